The van der Waals surface area contributed by atoms with E-state index in [0.717, 1.165) is 23.0 Å². The number of fused-ring (bicyclic) bond motifs is 1. The Labute approximate surface area is 288 Å². The number of aromatic nitrogens is 3. The number of carbonyl (C=O) groups is 2. The number of halogens is 2. The number of esters is 1. The number of amides is 1. The summed E-state index contributed by atoms with van der Waals surface area (Å²) >= 11 is 0. The minimum absolute atomic E-state index is 0.168. The van der Waals surface area contributed by atoms with Crippen molar-refractivity contribution in [3.8, 4) is 5.69 Å². The SMILES string of the molecule is COC(=O)[C@H](Cc1ccc(-n2c(=O)c3ccncc3n(C)c2=O)cc1)NC(=O)c1c(F)cc(NS(=O)(=O)c2ccc(C3=NC=CC3)cc2)cc1F. The number of ether oxygens (including phenoxy) is 1. The number of anilines is 1. The molecule has 51 heavy (non-hydrogen) atoms. The fourth-order valence-corrected chi connectivity index (χ4v) is 6.59. The zero-order chi connectivity index (χ0) is 36.4. The summed E-state index contributed by atoms with van der Waals surface area (Å²) in [4.78, 5) is 59.8. The van der Waals surface area contributed by atoms with E-state index < -0.39 is 62.1 Å². The Morgan fingerprint density at radius 3 is 2.31 bits per heavy atom. The number of benzene rings is 3. The minimum Gasteiger partial charge on any atom is -0.467 e. The first-order valence-electron chi connectivity index (χ1n) is 15.3. The Morgan fingerprint density at radius 2 is 1.69 bits per heavy atom. The summed E-state index contributed by atoms with van der Waals surface area (Å²) in [6, 6.07) is 13.1. The lowest BCUT2D eigenvalue weighted by molar-refractivity contribution is -0.142. The zero-order valence-electron chi connectivity index (χ0n) is 27.0. The number of methoxy groups -OCH3 is 1. The molecule has 13 nitrogen and oxygen atoms in total. The quantitative estimate of drug-likeness (QED) is 0.208. The van der Waals surface area contributed by atoms with Gasteiger partial charge < -0.3 is 10.1 Å². The summed E-state index contributed by atoms with van der Waals surface area (Å²) < 4.78 is 65.4. The van der Waals surface area contributed by atoms with E-state index in [1.54, 1.807) is 18.3 Å². The summed E-state index contributed by atoms with van der Waals surface area (Å²) in [7, 11) is -1.70. The average Bonchev–Trinajstić information content (AvgIpc) is 3.66. The van der Waals surface area contributed by atoms with Crippen LogP contribution in [0.2, 0.25) is 0 Å². The van der Waals surface area contributed by atoms with Gasteiger partial charge in [0.25, 0.3) is 21.5 Å². The second-order valence-corrected chi connectivity index (χ2v) is 13.1. The van der Waals surface area contributed by atoms with Crippen LogP contribution in [0.4, 0.5) is 14.5 Å². The lowest BCUT2D eigenvalue weighted by atomic mass is 10.0. The molecular formula is C35H28F2N6O7S. The number of nitrogens with zero attached hydrogens (tertiary/aromatic N) is 4. The summed E-state index contributed by atoms with van der Waals surface area (Å²) in [6.07, 6.45) is 6.75. The van der Waals surface area contributed by atoms with Crippen LogP contribution >= 0.6 is 0 Å². The van der Waals surface area contributed by atoms with Gasteiger partial charge in [-0.05, 0) is 53.6 Å². The van der Waals surface area contributed by atoms with Gasteiger partial charge in [-0.3, -0.25) is 28.9 Å². The van der Waals surface area contributed by atoms with Crippen LogP contribution in [0, 0.1) is 11.6 Å². The van der Waals surface area contributed by atoms with Gasteiger partial charge in [0, 0.05) is 32.3 Å². The molecule has 260 valence electrons. The van der Waals surface area contributed by atoms with Crippen LogP contribution in [0.5, 0.6) is 0 Å². The highest BCUT2D eigenvalue weighted by molar-refractivity contribution is 7.92. The molecule has 0 fully saturated rings. The van der Waals surface area contributed by atoms with Gasteiger partial charge in [0.2, 0.25) is 0 Å². The summed E-state index contributed by atoms with van der Waals surface area (Å²) in [5, 5.41) is 2.54. The molecule has 16 heteroatoms. The topological polar surface area (TPSA) is 171 Å². The summed E-state index contributed by atoms with van der Waals surface area (Å²) in [5.74, 6) is -5.00. The average molecular weight is 715 g/mol. The normalized spacial score (nSPS) is 13.1. The molecule has 1 aliphatic heterocycles. The molecule has 0 radical (unpaired) electrons. The van der Waals surface area contributed by atoms with Crippen LogP contribution in [0.1, 0.15) is 27.9 Å². The number of carbonyl (C=O) groups excluding carboxylic acids is 2. The number of aryl methyl sites for hydroxylation is 1. The van der Waals surface area contributed by atoms with Crippen molar-refractivity contribution in [1.82, 2.24) is 19.4 Å². The second kappa shape index (κ2) is 13.9. The third-order valence-corrected chi connectivity index (χ3v) is 9.56. The fraction of sp³-hybridized carbons (Fsp3) is 0.143. The third kappa shape index (κ3) is 6.94. The van der Waals surface area contributed by atoms with Crippen molar-refractivity contribution in [2.75, 3.05) is 11.8 Å². The smallest absolute Gasteiger partial charge is 0.335 e. The number of hydrogen-bond donors (Lipinski definition) is 2. The van der Waals surface area contributed by atoms with Gasteiger partial charge in [-0.25, -0.2) is 31.4 Å². The number of allylic oxidation sites excluding steroid dienone is 1. The van der Waals surface area contributed by atoms with E-state index >= 15 is 8.78 Å². The lowest BCUT2D eigenvalue weighted by Gasteiger charge is -2.18. The monoisotopic (exact) mass is 714 g/mol. The predicted molar refractivity (Wildman–Crippen MR) is 183 cm³/mol. The van der Waals surface area contributed by atoms with Crippen molar-refractivity contribution in [2.45, 2.75) is 23.8 Å². The highest BCUT2D eigenvalue weighted by atomic mass is 32.2. The minimum atomic E-state index is -4.27. The molecule has 5 aromatic rings. The number of aliphatic imine (C=N–C) groups is 1. The molecule has 1 amide bonds. The number of sulfonamides is 1. The Hall–Kier alpha value is -6.29. The molecule has 0 spiro atoms. The largest absolute Gasteiger partial charge is 0.467 e. The maximum absolute atomic E-state index is 15.2. The highest BCUT2D eigenvalue weighted by Gasteiger charge is 2.27. The fourth-order valence-electron chi connectivity index (χ4n) is 5.55. The van der Waals surface area contributed by atoms with Crippen molar-refractivity contribution in [1.29, 1.82) is 0 Å². The van der Waals surface area contributed by atoms with Crippen molar-refractivity contribution in [3.63, 3.8) is 0 Å². The Kier molecular flexibility index (Phi) is 9.43. The first-order chi connectivity index (χ1) is 24.4. The van der Waals surface area contributed by atoms with Gasteiger partial charge in [-0.1, -0.05) is 30.3 Å². The molecule has 1 aliphatic rings. The second-order valence-electron chi connectivity index (χ2n) is 11.4. The first-order valence-corrected chi connectivity index (χ1v) is 16.7. The van der Waals surface area contributed by atoms with Crippen LogP contribution < -0.4 is 21.3 Å². The Balaban J connectivity index is 1.18. The van der Waals surface area contributed by atoms with Crippen LogP contribution in [-0.2, 0) is 33.0 Å². The van der Waals surface area contributed by atoms with E-state index in [1.807, 2.05) is 6.08 Å². The standard InChI is InChI=1S/C35H28F2N6O7S/c1-42-30-19-38-15-13-25(30)33(45)43(35(42)47)23-9-5-20(6-10-23)16-29(34(46)50-2)40-32(44)31-26(36)17-22(18-27(31)37)41-51(48,49)24-11-7-21(8-12-24)28-4-3-14-39-28/h3,5-15,17-19,29,41H,4,16H2,1-2H3,(H,40,44)/t29-/m0/s1. The van der Waals surface area contributed by atoms with Crippen molar-refractivity contribution >= 4 is 44.2 Å². The van der Waals surface area contributed by atoms with E-state index in [0.29, 0.717) is 29.6 Å². The number of rotatable bonds is 10. The molecule has 0 unspecified atom stereocenters. The van der Waals surface area contributed by atoms with Crippen molar-refractivity contribution in [3.05, 3.63) is 141 Å². The summed E-state index contributed by atoms with van der Waals surface area (Å²) in [5.41, 5.74) is -0.196. The van der Waals surface area contributed by atoms with Crippen molar-refractivity contribution < 1.29 is 31.5 Å². The van der Waals surface area contributed by atoms with Gasteiger partial charge in [0.05, 0.1) is 46.2 Å². The number of hydrogen-bond acceptors (Lipinski definition) is 9. The molecule has 1 atom stereocenters. The molecule has 2 aromatic heterocycles. The Bertz CT molecular complexity index is 2470. The summed E-state index contributed by atoms with van der Waals surface area (Å²) in [6.45, 7) is 0. The van der Waals surface area contributed by atoms with Gasteiger partial charge in [-0.2, -0.15) is 0 Å². The molecule has 0 saturated heterocycles. The van der Waals surface area contributed by atoms with Crippen LogP contribution in [0.15, 0.2) is 111 Å². The molecule has 0 aliphatic carbocycles. The molecule has 0 saturated carbocycles. The van der Waals surface area contributed by atoms with Gasteiger partial charge >= 0.3 is 11.7 Å². The zero-order valence-corrected chi connectivity index (χ0v) is 27.8. The van der Waals surface area contributed by atoms with E-state index in [-0.39, 0.29) is 22.4 Å². The molecule has 0 bridgehead atoms. The molecule has 6 rings (SSSR count). The van der Waals surface area contributed by atoms with E-state index in [4.69, 9.17) is 4.74 Å². The molecular weight excluding hydrogens is 686 g/mol. The van der Waals surface area contributed by atoms with Gasteiger partial charge in [0.15, 0.2) is 0 Å². The predicted octanol–water partition coefficient (Wildman–Crippen LogP) is 3.38. The molecule has 3 heterocycles. The van der Waals surface area contributed by atoms with Gasteiger partial charge in [0.1, 0.15) is 23.2 Å². The maximum atomic E-state index is 15.2. The molecule has 3 aromatic carbocycles. The highest BCUT2D eigenvalue weighted by Crippen LogP contribution is 2.23. The number of nitrogens with one attached hydrogen (secondary N) is 2. The van der Waals surface area contributed by atoms with E-state index in [1.165, 1.54) is 66.5 Å². The Morgan fingerprint density at radius 1 is 1.00 bits per heavy atom. The van der Waals surface area contributed by atoms with Crippen molar-refractivity contribution in [2.24, 2.45) is 12.0 Å². The lowest BCUT2D eigenvalue weighted by Crippen LogP contribution is -2.43. The van der Waals surface area contributed by atoms with Crippen LogP contribution in [0.3, 0.4) is 0 Å². The third-order valence-electron chi connectivity index (χ3n) is 8.16. The molecule has 2 N–H and O–H groups in total. The van der Waals surface area contributed by atoms with Crippen LogP contribution in [-0.4, -0.2) is 53.3 Å². The van der Waals surface area contributed by atoms with Gasteiger partial charge in [-0.15, -0.1) is 0 Å². The first kappa shape index (κ1) is 34.6. The van der Waals surface area contributed by atoms with E-state index in [2.05, 4.69) is 20.0 Å². The number of pyridine rings is 1. The maximum Gasteiger partial charge on any atom is 0.335 e. The van der Waals surface area contributed by atoms with Crippen LogP contribution in [0.25, 0.3) is 16.6 Å². The van der Waals surface area contributed by atoms with E-state index in [9.17, 15) is 27.6 Å².